The van der Waals surface area contributed by atoms with Gasteiger partial charge in [0.05, 0.1) is 28.6 Å². The Kier molecular flexibility index (Phi) is 8.08. The molecule has 3 N–H and O–H groups in total. The second kappa shape index (κ2) is 11.3. The lowest BCUT2D eigenvalue weighted by Gasteiger charge is -2.38. The van der Waals surface area contributed by atoms with Gasteiger partial charge in [0.2, 0.25) is 5.95 Å². The Bertz CT molecular complexity index is 1630. The highest BCUT2D eigenvalue weighted by Gasteiger charge is 2.42. The van der Waals surface area contributed by atoms with Crippen molar-refractivity contribution in [1.82, 2.24) is 14.9 Å². The summed E-state index contributed by atoms with van der Waals surface area (Å²) in [6.07, 6.45) is 2.65. The van der Waals surface area contributed by atoms with Gasteiger partial charge >= 0.3 is 0 Å². The highest BCUT2D eigenvalue weighted by atomic mass is 28.4. The van der Waals surface area contributed by atoms with E-state index >= 15 is 0 Å². The number of rotatable bonds is 9. The molecule has 10 heteroatoms. The maximum absolute atomic E-state index is 13.4. The zero-order valence-electron chi connectivity index (χ0n) is 25.8. The molecule has 8 nitrogen and oxygen atoms in total. The number of alkyl halides is 1. The molecule has 0 saturated carbocycles. The number of benzene rings is 2. The van der Waals surface area contributed by atoms with Gasteiger partial charge in [-0.15, -0.1) is 0 Å². The van der Waals surface area contributed by atoms with Crippen LogP contribution in [0.3, 0.4) is 0 Å². The number of nitrogens with zero attached hydrogens (tertiary/aromatic N) is 5. The zero-order chi connectivity index (χ0) is 31.2. The molecule has 3 heterocycles. The number of aromatic nitrogens is 2. The summed E-state index contributed by atoms with van der Waals surface area (Å²) in [4.78, 5) is 22.1. The van der Waals surface area contributed by atoms with Gasteiger partial charge in [-0.25, -0.2) is 14.4 Å². The third-order valence-corrected chi connectivity index (χ3v) is 13.2. The van der Waals surface area contributed by atoms with E-state index in [1.54, 1.807) is 12.3 Å². The fourth-order valence-corrected chi connectivity index (χ4v) is 6.49. The van der Waals surface area contributed by atoms with Gasteiger partial charge in [0.25, 0.3) is 0 Å². The average molecular weight is 598 g/mol. The molecule has 0 amide bonds. The Labute approximate surface area is 254 Å². The summed E-state index contributed by atoms with van der Waals surface area (Å²) in [5.74, 6) is 0.381. The molecule has 2 aliphatic heterocycles. The Morgan fingerprint density at radius 3 is 2.60 bits per heavy atom. The average Bonchev–Trinajstić information content (AvgIpc) is 3.28. The minimum atomic E-state index is -2.36. The topological polar surface area (TPSA) is 121 Å². The van der Waals surface area contributed by atoms with Crippen LogP contribution in [0.4, 0.5) is 21.7 Å². The molecule has 0 unspecified atom stereocenters. The molecule has 1 aromatic heterocycles. The lowest BCUT2D eigenvalue weighted by molar-refractivity contribution is 0.0590. The van der Waals surface area contributed by atoms with Crippen LogP contribution in [0.1, 0.15) is 61.4 Å². The second-order valence-corrected chi connectivity index (χ2v) is 18.0. The minimum Gasteiger partial charge on any atom is -0.432 e. The molecule has 2 aromatic carbocycles. The van der Waals surface area contributed by atoms with Crippen LogP contribution in [0.25, 0.3) is 11.3 Å². The number of nitrogens with one attached hydrogen (secondary N) is 2. The van der Waals surface area contributed by atoms with Crippen molar-refractivity contribution in [3.8, 4) is 23.4 Å². The summed E-state index contributed by atoms with van der Waals surface area (Å²) >= 11 is 0. The van der Waals surface area contributed by atoms with Gasteiger partial charge in [0, 0.05) is 49.0 Å². The van der Waals surface area contributed by atoms with Gasteiger partial charge in [-0.3, -0.25) is 4.90 Å². The van der Waals surface area contributed by atoms with Crippen molar-refractivity contribution in [3.05, 3.63) is 64.3 Å². The van der Waals surface area contributed by atoms with E-state index in [4.69, 9.17) is 4.98 Å². The first-order valence-corrected chi connectivity index (χ1v) is 17.7. The molecule has 1 fully saturated rings. The van der Waals surface area contributed by atoms with Gasteiger partial charge in [0.15, 0.2) is 8.32 Å². The summed E-state index contributed by atoms with van der Waals surface area (Å²) in [5.41, 5.74) is 7.00. The predicted molar refractivity (Wildman–Crippen MR) is 170 cm³/mol. The normalized spacial score (nSPS) is 18.7. The molecule has 3 aromatic rings. The van der Waals surface area contributed by atoms with E-state index in [0.29, 0.717) is 42.4 Å². The summed E-state index contributed by atoms with van der Waals surface area (Å²) in [6.45, 7) is 14.6. The van der Waals surface area contributed by atoms with Gasteiger partial charge < -0.3 is 15.4 Å². The van der Waals surface area contributed by atoms with Crippen LogP contribution < -0.4 is 10.6 Å². The number of nitriles is 2. The molecule has 2 aliphatic rings. The van der Waals surface area contributed by atoms with Crippen molar-refractivity contribution in [1.29, 1.82) is 10.5 Å². The third kappa shape index (κ3) is 6.14. The van der Waals surface area contributed by atoms with E-state index in [1.165, 1.54) is 0 Å². The standard InChI is InChI=1S/C33H40FN7OSi/c1-21-25(17-41-18-26(34)19-41)11-22(15-35)12-29(21)40-31-37-10-7-28(39-31)23-13-24(16-36)30-27(14-23)33(4,20-38-30)9-8-32(2,3)43(5,6)42/h7,10-14,26,38,42H,8-9,17-20H2,1-6H3,(H,37,39,40)/t33-/m0/s1. The molecular formula is C33H40FN7OSi. The van der Waals surface area contributed by atoms with E-state index in [9.17, 15) is 19.7 Å². The van der Waals surface area contributed by atoms with Crippen molar-refractivity contribution in [2.75, 3.05) is 30.3 Å². The van der Waals surface area contributed by atoms with Gasteiger partial charge in [-0.1, -0.05) is 20.8 Å². The fraction of sp³-hybridized carbons (Fsp3) is 0.455. The van der Waals surface area contributed by atoms with Crippen LogP contribution >= 0.6 is 0 Å². The number of likely N-dealkylation sites (tertiary alicyclic amines) is 1. The van der Waals surface area contributed by atoms with Gasteiger partial charge in [0.1, 0.15) is 12.2 Å². The highest BCUT2D eigenvalue weighted by molar-refractivity contribution is 6.72. The Morgan fingerprint density at radius 2 is 1.95 bits per heavy atom. The molecule has 1 atom stereocenters. The first-order chi connectivity index (χ1) is 20.2. The van der Waals surface area contributed by atoms with Crippen LogP contribution in [0.2, 0.25) is 18.1 Å². The highest BCUT2D eigenvalue weighted by Crippen LogP contribution is 2.48. The lowest BCUT2D eigenvalue weighted by atomic mass is 9.77. The van der Waals surface area contributed by atoms with Crippen LogP contribution in [0, 0.1) is 29.6 Å². The van der Waals surface area contributed by atoms with Crippen LogP contribution in [-0.4, -0.2) is 53.8 Å². The lowest BCUT2D eigenvalue weighted by Crippen LogP contribution is -2.47. The van der Waals surface area contributed by atoms with Crippen molar-refractivity contribution >= 4 is 25.6 Å². The largest absolute Gasteiger partial charge is 0.432 e. The van der Waals surface area contributed by atoms with Gasteiger partial charge in [-0.05, 0) is 84.9 Å². The second-order valence-electron chi connectivity index (χ2n) is 13.5. The van der Waals surface area contributed by atoms with E-state index in [0.717, 1.165) is 53.0 Å². The molecule has 224 valence electrons. The first-order valence-electron chi connectivity index (χ1n) is 14.8. The number of hydrogen-bond donors (Lipinski definition) is 3. The number of halogens is 1. The van der Waals surface area contributed by atoms with Crippen LogP contribution in [-0.2, 0) is 12.0 Å². The molecule has 43 heavy (non-hydrogen) atoms. The minimum absolute atomic E-state index is 0.145. The SMILES string of the molecule is Cc1c(CN2CC(F)C2)cc(C#N)cc1Nc1nccc(-c2cc(C#N)c3c(c2)[C@@](C)(CCC(C)(C)[Si](C)(C)O)CN3)n1. The maximum Gasteiger partial charge on any atom is 0.227 e. The van der Waals surface area contributed by atoms with Crippen LogP contribution in [0.15, 0.2) is 36.5 Å². The van der Waals surface area contributed by atoms with Crippen molar-refractivity contribution in [3.63, 3.8) is 0 Å². The Balaban J connectivity index is 1.44. The van der Waals surface area contributed by atoms with Crippen LogP contribution in [0.5, 0.6) is 0 Å². The molecular weight excluding hydrogens is 557 g/mol. The number of anilines is 3. The molecule has 1 saturated heterocycles. The quantitative estimate of drug-likeness (QED) is 0.238. The molecule has 0 aliphatic carbocycles. The van der Waals surface area contributed by atoms with E-state index in [1.807, 2.05) is 43.1 Å². The number of fused-ring (bicyclic) bond motifs is 1. The van der Waals surface area contributed by atoms with Crippen molar-refractivity contribution in [2.45, 2.75) is 76.8 Å². The maximum atomic E-state index is 13.4. The van der Waals surface area contributed by atoms with Gasteiger partial charge in [-0.2, -0.15) is 10.5 Å². The summed E-state index contributed by atoms with van der Waals surface area (Å²) in [6, 6.07) is 14.0. The number of hydrogen-bond acceptors (Lipinski definition) is 8. The molecule has 0 spiro atoms. The fourth-order valence-electron chi connectivity index (χ4n) is 5.75. The summed E-state index contributed by atoms with van der Waals surface area (Å²) < 4.78 is 13.4. The van der Waals surface area contributed by atoms with Crippen molar-refractivity contribution in [2.24, 2.45) is 0 Å². The molecule has 0 bridgehead atoms. The third-order valence-electron chi connectivity index (χ3n) is 9.67. The molecule has 5 rings (SSSR count). The van der Waals surface area contributed by atoms with E-state index < -0.39 is 14.5 Å². The van der Waals surface area contributed by atoms with Crippen molar-refractivity contribution < 1.29 is 9.19 Å². The smallest absolute Gasteiger partial charge is 0.227 e. The summed E-state index contributed by atoms with van der Waals surface area (Å²) in [7, 11) is -2.36. The monoisotopic (exact) mass is 597 g/mol. The predicted octanol–water partition coefficient (Wildman–Crippen LogP) is 6.53. The van der Waals surface area contributed by atoms with E-state index in [-0.39, 0.29) is 10.5 Å². The first kappa shape index (κ1) is 30.6. The summed E-state index contributed by atoms with van der Waals surface area (Å²) in [5, 5.41) is 26.3. The van der Waals surface area contributed by atoms with E-state index in [2.05, 4.69) is 54.6 Å². The zero-order valence-corrected chi connectivity index (χ0v) is 26.8. The Morgan fingerprint density at radius 1 is 1.21 bits per heavy atom. The molecule has 0 radical (unpaired) electrons. The Hall–Kier alpha value is -3.83.